The van der Waals surface area contributed by atoms with Crippen LogP contribution < -0.4 is 0 Å². The molecule has 0 aromatic carbocycles. The van der Waals surface area contributed by atoms with Gasteiger partial charge in [-0.15, -0.1) is 0 Å². The highest BCUT2D eigenvalue weighted by atomic mass is 19.1. The van der Waals surface area contributed by atoms with Crippen molar-refractivity contribution in [1.82, 2.24) is 0 Å². The fraction of sp³-hybridized carbons (Fsp3) is 0.200. The molecule has 0 saturated heterocycles. The molecule has 0 aliphatic carbocycles. The van der Waals surface area contributed by atoms with Crippen LogP contribution in [0.25, 0.3) is 0 Å². The van der Waals surface area contributed by atoms with Gasteiger partial charge in [-0.25, -0.2) is 4.39 Å². The van der Waals surface area contributed by atoms with Crippen molar-refractivity contribution in [3.8, 4) is 0 Å². The minimum Gasteiger partial charge on any atom is -0.207 e. The van der Waals surface area contributed by atoms with Gasteiger partial charge in [0.1, 0.15) is 5.83 Å². The molecule has 0 bridgehead atoms. The first-order chi connectivity index (χ1) is 7.38. The van der Waals surface area contributed by atoms with Gasteiger partial charge in [0.05, 0.1) is 0 Å². The summed E-state index contributed by atoms with van der Waals surface area (Å²) < 4.78 is 13.2. The second kappa shape index (κ2) is 6.78. The normalized spacial score (nSPS) is 11.6. The van der Waals surface area contributed by atoms with E-state index < -0.39 is 0 Å². The molecule has 0 heterocycles. The Morgan fingerprint density at radius 3 is 2.06 bits per heavy atom. The summed E-state index contributed by atoms with van der Waals surface area (Å²) in [6, 6.07) is 0. The molecule has 0 fully saturated rings. The first kappa shape index (κ1) is 14.4. The maximum atomic E-state index is 13.2. The van der Waals surface area contributed by atoms with E-state index in [0.717, 1.165) is 12.0 Å². The second-order valence-corrected chi connectivity index (χ2v) is 3.67. The summed E-state index contributed by atoms with van der Waals surface area (Å²) in [6.07, 6.45) is 5.87. The molecule has 0 aromatic rings. The maximum Gasteiger partial charge on any atom is 0.126 e. The van der Waals surface area contributed by atoms with Crippen molar-refractivity contribution in [2.45, 2.75) is 20.3 Å². The Bertz CT molecular complexity index is 378. The van der Waals surface area contributed by atoms with Gasteiger partial charge >= 0.3 is 0 Å². The summed E-state index contributed by atoms with van der Waals surface area (Å²) in [5.41, 5.74) is 2.60. The van der Waals surface area contributed by atoms with Gasteiger partial charge in [0.25, 0.3) is 0 Å². The van der Waals surface area contributed by atoms with Gasteiger partial charge in [-0.1, -0.05) is 51.0 Å². The van der Waals surface area contributed by atoms with Gasteiger partial charge in [-0.05, 0) is 36.1 Å². The zero-order chi connectivity index (χ0) is 12.7. The molecule has 0 nitrogen and oxygen atoms in total. The molecule has 0 N–H and O–H groups in total. The first-order valence-electron chi connectivity index (χ1n) is 5.15. The molecule has 86 valence electrons. The van der Waals surface area contributed by atoms with Gasteiger partial charge in [-0.3, -0.25) is 0 Å². The second-order valence-electron chi connectivity index (χ2n) is 3.67. The van der Waals surface area contributed by atoms with Crippen LogP contribution in [0.3, 0.4) is 0 Å². The van der Waals surface area contributed by atoms with Crippen molar-refractivity contribution in [2.75, 3.05) is 0 Å². The van der Waals surface area contributed by atoms with Crippen molar-refractivity contribution in [1.29, 1.82) is 0 Å². The molecule has 0 spiro atoms. The molecule has 0 amide bonds. The number of allylic oxidation sites excluding steroid dienone is 8. The standard InChI is InChI=1S/C15H19F/c1-7-12(4)8-9-13(5)14(6)10-15(16)11(2)3/h8-10H,2,4-7H2,1,3H3/b9-8-,15-10+. The molecular weight excluding hydrogens is 199 g/mol. The van der Waals surface area contributed by atoms with Crippen molar-refractivity contribution >= 4 is 0 Å². The van der Waals surface area contributed by atoms with E-state index >= 15 is 0 Å². The van der Waals surface area contributed by atoms with Gasteiger partial charge in [0.2, 0.25) is 0 Å². The molecule has 0 saturated carbocycles. The Hall–Kier alpha value is -1.63. The van der Waals surface area contributed by atoms with Crippen LogP contribution in [0.4, 0.5) is 4.39 Å². The molecule has 1 heteroatoms. The molecule has 0 aliphatic rings. The van der Waals surface area contributed by atoms with Gasteiger partial charge in [0.15, 0.2) is 0 Å². The maximum absolute atomic E-state index is 13.2. The van der Waals surface area contributed by atoms with Crippen LogP contribution in [0, 0.1) is 0 Å². The van der Waals surface area contributed by atoms with E-state index in [1.807, 2.05) is 13.0 Å². The highest BCUT2D eigenvalue weighted by molar-refractivity contribution is 5.46. The molecule has 0 rings (SSSR count). The average Bonchev–Trinajstić information content (AvgIpc) is 2.24. The minimum atomic E-state index is -0.367. The van der Waals surface area contributed by atoms with Gasteiger partial charge < -0.3 is 0 Å². The van der Waals surface area contributed by atoms with Gasteiger partial charge in [-0.2, -0.15) is 0 Å². The topological polar surface area (TPSA) is 0 Å². The summed E-state index contributed by atoms with van der Waals surface area (Å²) in [6.45, 7) is 18.5. The van der Waals surface area contributed by atoms with Crippen LogP contribution in [-0.4, -0.2) is 0 Å². The number of rotatable bonds is 6. The Morgan fingerprint density at radius 1 is 1.06 bits per heavy atom. The first-order valence-corrected chi connectivity index (χ1v) is 5.15. The zero-order valence-corrected chi connectivity index (χ0v) is 10.1. The van der Waals surface area contributed by atoms with Crippen molar-refractivity contribution in [3.63, 3.8) is 0 Å². The fourth-order valence-corrected chi connectivity index (χ4v) is 0.812. The molecule has 0 atom stereocenters. The summed E-state index contributed by atoms with van der Waals surface area (Å²) in [7, 11) is 0. The van der Waals surface area contributed by atoms with Crippen molar-refractivity contribution in [3.05, 3.63) is 72.7 Å². The van der Waals surface area contributed by atoms with E-state index in [1.165, 1.54) is 6.08 Å². The highest BCUT2D eigenvalue weighted by Gasteiger charge is 1.98. The average molecular weight is 218 g/mol. The third-order valence-electron chi connectivity index (χ3n) is 2.10. The molecule has 0 aliphatic heterocycles. The monoisotopic (exact) mass is 218 g/mol. The van der Waals surface area contributed by atoms with Crippen LogP contribution in [-0.2, 0) is 0 Å². The van der Waals surface area contributed by atoms with Crippen LogP contribution in [0.1, 0.15) is 20.3 Å². The largest absolute Gasteiger partial charge is 0.207 e. The number of hydrogen-bond donors (Lipinski definition) is 0. The van der Waals surface area contributed by atoms with Crippen LogP contribution in [0.15, 0.2) is 72.7 Å². The third-order valence-corrected chi connectivity index (χ3v) is 2.10. The molecule has 0 aromatic heterocycles. The Morgan fingerprint density at radius 2 is 1.62 bits per heavy atom. The predicted molar refractivity (Wildman–Crippen MR) is 70.9 cm³/mol. The van der Waals surface area contributed by atoms with E-state index in [0.29, 0.717) is 16.7 Å². The lowest BCUT2D eigenvalue weighted by Crippen LogP contribution is -1.82. The van der Waals surface area contributed by atoms with Crippen molar-refractivity contribution < 1.29 is 4.39 Å². The number of halogens is 1. The van der Waals surface area contributed by atoms with Gasteiger partial charge in [0, 0.05) is 0 Å². The molecule has 16 heavy (non-hydrogen) atoms. The highest BCUT2D eigenvalue weighted by Crippen LogP contribution is 2.16. The van der Waals surface area contributed by atoms with E-state index in [9.17, 15) is 4.39 Å². The lowest BCUT2D eigenvalue weighted by molar-refractivity contribution is 0.652. The van der Waals surface area contributed by atoms with Crippen LogP contribution >= 0.6 is 0 Å². The van der Waals surface area contributed by atoms with E-state index in [1.54, 1.807) is 13.0 Å². The predicted octanol–water partition coefficient (Wildman–Crippen LogP) is 5.05. The smallest absolute Gasteiger partial charge is 0.126 e. The van der Waals surface area contributed by atoms with E-state index in [-0.39, 0.29) is 5.83 Å². The Balaban J connectivity index is 4.59. The lowest BCUT2D eigenvalue weighted by Gasteiger charge is -2.01. The number of hydrogen-bond acceptors (Lipinski definition) is 0. The summed E-state index contributed by atoms with van der Waals surface area (Å²) in [5.74, 6) is -0.367. The lowest BCUT2D eigenvalue weighted by atomic mass is 10.1. The molecule has 0 radical (unpaired) electrons. The van der Waals surface area contributed by atoms with Crippen LogP contribution in [0.5, 0.6) is 0 Å². The SMILES string of the molecule is C=C(/C=C\C(=C)C(=C)/C=C(/F)C(=C)C)CC. The third kappa shape index (κ3) is 5.30. The molecule has 0 unspecified atom stereocenters. The minimum absolute atomic E-state index is 0.367. The van der Waals surface area contributed by atoms with E-state index in [4.69, 9.17) is 0 Å². The van der Waals surface area contributed by atoms with Crippen LogP contribution in [0.2, 0.25) is 0 Å². The Labute approximate surface area is 97.9 Å². The Kier molecular flexibility index (Phi) is 6.09. The van der Waals surface area contributed by atoms with Crippen molar-refractivity contribution in [2.24, 2.45) is 0 Å². The zero-order valence-electron chi connectivity index (χ0n) is 10.1. The molecular formula is C15H19F. The quantitative estimate of drug-likeness (QED) is 0.547. The summed E-state index contributed by atoms with van der Waals surface area (Å²) in [4.78, 5) is 0. The summed E-state index contributed by atoms with van der Waals surface area (Å²) >= 11 is 0. The fourth-order valence-electron chi connectivity index (χ4n) is 0.812. The summed E-state index contributed by atoms with van der Waals surface area (Å²) in [5, 5.41) is 0. The van der Waals surface area contributed by atoms with E-state index in [2.05, 4.69) is 26.3 Å².